The van der Waals surface area contributed by atoms with Crippen LogP contribution < -0.4 is 15.8 Å². The van der Waals surface area contributed by atoms with Crippen LogP contribution in [-0.2, 0) is 4.79 Å². The highest BCUT2D eigenvalue weighted by molar-refractivity contribution is 8.00. The molecule has 0 fully saturated rings. The molecule has 0 saturated carbocycles. The van der Waals surface area contributed by atoms with Crippen molar-refractivity contribution < 1.29 is 9.59 Å². The van der Waals surface area contributed by atoms with Crippen molar-refractivity contribution in [3.05, 3.63) is 66.4 Å². The average molecular weight is 404 g/mol. The number of benzene rings is 2. The summed E-state index contributed by atoms with van der Waals surface area (Å²) in [7, 11) is 0. The lowest BCUT2D eigenvalue weighted by Crippen LogP contribution is -2.10. The zero-order valence-electron chi connectivity index (χ0n) is 15.0. The van der Waals surface area contributed by atoms with E-state index in [0.29, 0.717) is 17.6 Å². The van der Waals surface area contributed by atoms with Gasteiger partial charge < -0.3 is 15.4 Å². The SMILES string of the molecule is NC(=O)c1ccc(SNc2ccc(-c3nc(NC=O)nc4[nH]ccc34)cc2)cc1. The molecule has 8 nitrogen and oxygen atoms in total. The number of amides is 2. The Balaban J connectivity index is 1.52. The number of H-pyrrole nitrogens is 1. The molecule has 4 aromatic rings. The van der Waals surface area contributed by atoms with E-state index in [1.165, 1.54) is 11.9 Å². The minimum Gasteiger partial charge on any atom is -0.366 e. The van der Waals surface area contributed by atoms with Crippen molar-refractivity contribution in [3.8, 4) is 11.3 Å². The Morgan fingerprint density at radius 3 is 2.48 bits per heavy atom. The monoisotopic (exact) mass is 404 g/mol. The zero-order valence-corrected chi connectivity index (χ0v) is 15.9. The van der Waals surface area contributed by atoms with Gasteiger partial charge in [0.2, 0.25) is 18.3 Å². The molecule has 0 spiro atoms. The van der Waals surface area contributed by atoms with Gasteiger partial charge in [-0.05, 0) is 54.4 Å². The number of carbonyl (C=O) groups is 2. The number of anilines is 2. The van der Waals surface area contributed by atoms with Crippen molar-refractivity contribution in [2.24, 2.45) is 5.73 Å². The van der Waals surface area contributed by atoms with Gasteiger partial charge >= 0.3 is 0 Å². The lowest BCUT2D eigenvalue weighted by atomic mass is 10.1. The van der Waals surface area contributed by atoms with Crippen molar-refractivity contribution in [1.82, 2.24) is 15.0 Å². The zero-order chi connectivity index (χ0) is 20.2. The summed E-state index contributed by atoms with van der Waals surface area (Å²) in [5.74, 6) is -0.208. The maximum Gasteiger partial charge on any atom is 0.248 e. The highest BCUT2D eigenvalue weighted by Gasteiger charge is 2.11. The summed E-state index contributed by atoms with van der Waals surface area (Å²) in [6, 6.07) is 16.7. The van der Waals surface area contributed by atoms with Crippen LogP contribution in [0.4, 0.5) is 11.6 Å². The van der Waals surface area contributed by atoms with Crippen LogP contribution in [0.1, 0.15) is 10.4 Å². The normalized spacial score (nSPS) is 10.6. The first-order valence-electron chi connectivity index (χ1n) is 8.62. The molecule has 2 amide bonds. The Hall–Kier alpha value is -3.85. The van der Waals surface area contributed by atoms with Gasteiger partial charge in [0.25, 0.3) is 0 Å². The van der Waals surface area contributed by atoms with Gasteiger partial charge in [-0.3, -0.25) is 14.9 Å². The Morgan fingerprint density at radius 2 is 1.79 bits per heavy atom. The summed E-state index contributed by atoms with van der Waals surface area (Å²) in [6.45, 7) is 0. The number of nitrogens with two attached hydrogens (primary N) is 1. The van der Waals surface area contributed by atoms with Gasteiger partial charge in [-0.25, -0.2) is 4.98 Å². The predicted octanol–water partition coefficient (Wildman–Crippen LogP) is 3.41. The molecule has 9 heteroatoms. The summed E-state index contributed by atoms with van der Waals surface area (Å²) in [6.07, 6.45) is 2.33. The second-order valence-electron chi connectivity index (χ2n) is 6.07. The van der Waals surface area contributed by atoms with Crippen molar-refractivity contribution in [3.63, 3.8) is 0 Å². The maximum atomic E-state index is 11.1. The molecule has 2 aromatic heterocycles. The van der Waals surface area contributed by atoms with Gasteiger partial charge in [0.05, 0.1) is 5.69 Å². The van der Waals surface area contributed by atoms with E-state index in [1.54, 1.807) is 18.3 Å². The van der Waals surface area contributed by atoms with Crippen LogP contribution in [0.5, 0.6) is 0 Å². The molecule has 29 heavy (non-hydrogen) atoms. The lowest BCUT2D eigenvalue weighted by molar-refractivity contribution is -0.105. The number of aromatic nitrogens is 3. The molecule has 144 valence electrons. The van der Waals surface area contributed by atoms with Crippen LogP contribution in [0, 0.1) is 0 Å². The molecule has 0 aliphatic carbocycles. The first-order chi connectivity index (χ1) is 14.1. The third-order valence-electron chi connectivity index (χ3n) is 4.19. The van der Waals surface area contributed by atoms with Gasteiger partial charge in [0, 0.05) is 33.3 Å². The first-order valence-corrected chi connectivity index (χ1v) is 9.44. The van der Waals surface area contributed by atoms with Gasteiger partial charge in [-0.2, -0.15) is 4.98 Å². The van der Waals surface area contributed by atoms with Gasteiger partial charge in [0.1, 0.15) is 5.65 Å². The number of nitrogens with zero attached hydrogens (tertiary/aromatic N) is 2. The number of hydrogen-bond donors (Lipinski definition) is 4. The maximum absolute atomic E-state index is 11.1. The van der Waals surface area contributed by atoms with E-state index in [9.17, 15) is 9.59 Å². The highest BCUT2D eigenvalue weighted by atomic mass is 32.2. The quantitative estimate of drug-likeness (QED) is 0.276. The summed E-state index contributed by atoms with van der Waals surface area (Å²) >= 11 is 1.43. The fraction of sp³-hybridized carbons (Fsp3) is 0. The predicted molar refractivity (Wildman–Crippen MR) is 113 cm³/mol. The summed E-state index contributed by atoms with van der Waals surface area (Å²) in [5, 5.41) is 3.36. The van der Waals surface area contributed by atoms with E-state index in [2.05, 4.69) is 25.0 Å². The molecule has 0 unspecified atom stereocenters. The number of hydrogen-bond acceptors (Lipinski definition) is 6. The topological polar surface area (TPSA) is 126 Å². The van der Waals surface area contributed by atoms with E-state index in [-0.39, 0.29) is 5.95 Å². The number of nitrogens with one attached hydrogen (secondary N) is 3. The minimum absolute atomic E-state index is 0.238. The standard InChI is InChI=1S/C20H16N6O2S/c21-18(28)13-3-7-15(8-4-13)29-26-14-5-1-12(2-6-14)17-16-9-10-22-19(16)25-20(24-17)23-11-27/h1-11,26H,(H2,21,28)(H2,22,23,24,25,27). The van der Waals surface area contributed by atoms with E-state index >= 15 is 0 Å². The minimum atomic E-state index is -0.446. The average Bonchev–Trinajstić information content (AvgIpc) is 3.21. The lowest BCUT2D eigenvalue weighted by Gasteiger charge is -2.08. The Labute approximate surface area is 170 Å². The van der Waals surface area contributed by atoms with Gasteiger partial charge in [-0.1, -0.05) is 12.1 Å². The fourth-order valence-electron chi connectivity index (χ4n) is 2.78. The Kier molecular flexibility index (Phi) is 5.12. The number of carbonyl (C=O) groups excluding carboxylic acids is 2. The van der Waals surface area contributed by atoms with E-state index in [1.807, 2.05) is 42.5 Å². The molecule has 4 rings (SSSR count). The molecule has 0 aliphatic rings. The van der Waals surface area contributed by atoms with Crippen LogP contribution in [0.2, 0.25) is 0 Å². The van der Waals surface area contributed by atoms with Crippen LogP contribution in [-0.4, -0.2) is 27.3 Å². The van der Waals surface area contributed by atoms with Crippen LogP contribution in [0.3, 0.4) is 0 Å². The van der Waals surface area contributed by atoms with E-state index < -0.39 is 5.91 Å². The third-order valence-corrected chi connectivity index (χ3v) is 5.03. The number of primary amides is 1. The van der Waals surface area contributed by atoms with Gasteiger partial charge in [0.15, 0.2) is 0 Å². The van der Waals surface area contributed by atoms with Gasteiger partial charge in [-0.15, -0.1) is 0 Å². The number of fused-ring (bicyclic) bond motifs is 1. The molecule has 2 aromatic carbocycles. The third kappa shape index (κ3) is 4.04. The van der Waals surface area contributed by atoms with E-state index in [4.69, 9.17) is 5.73 Å². The van der Waals surface area contributed by atoms with Crippen molar-refractivity contribution in [1.29, 1.82) is 0 Å². The first kappa shape index (κ1) is 18.5. The Bertz CT molecular complexity index is 1170. The molecule has 0 atom stereocenters. The van der Waals surface area contributed by atoms with Crippen LogP contribution in [0.25, 0.3) is 22.3 Å². The number of aromatic amines is 1. The second kappa shape index (κ2) is 8.03. The summed E-state index contributed by atoms with van der Waals surface area (Å²) in [5.41, 5.74) is 8.90. The molecule has 0 radical (unpaired) electrons. The van der Waals surface area contributed by atoms with Crippen molar-refractivity contribution in [2.75, 3.05) is 10.0 Å². The second-order valence-corrected chi connectivity index (χ2v) is 6.95. The molecule has 0 aliphatic heterocycles. The fourth-order valence-corrected chi connectivity index (χ4v) is 3.42. The van der Waals surface area contributed by atoms with Crippen LogP contribution >= 0.6 is 11.9 Å². The van der Waals surface area contributed by atoms with Crippen LogP contribution in [0.15, 0.2) is 65.7 Å². The highest BCUT2D eigenvalue weighted by Crippen LogP contribution is 2.29. The molecular weight excluding hydrogens is 388 g/mol. The Morgan fingerprint density at radius 1 is 1.03 bits per heavy atom. The molecule has 5 N–H and O–H groups in total. The van der Waals surface area contributed by atoms with Crippen molar-refractivity contribution >= 4 is 46.9 Å². The summed E-state index contributed by atoms with van der Waals surface area (Å²) < 4.78 is 3.26. The van der Waals surface area contributed by atoms with E-state index in [0.717, 1.165) is 27.2 Å². The van der Waals surface area contributed by atoms with Crippen molar-refractivity contribution in [2.45, 2.75) is 4.90 Å². The largest absolute Gasteiger partial charge is 0.366 e. The molecule has 0 bridgehead atoms. The smallest absolute Gasteiger partial charge is 0.248 e. The molecule has 0 saturated heterocycles. The number of rotatable bonds is 7. The molecule has 2 heterocycles. The molecular formula is C20H16N6O2S. The summed E-state index contributed by atoms with van der Waals surface area (Å²) in [4.78, 5) is 34.6.